The maximum Gasteiger partial charge on any atom is 0.191 e. The van der Waals surface area contributed by atoms with Crippen LogP contribution in [0.5, 0.6) is 0 Å². The van der Waals surface area contributed by atoms with Gasteiger partial charge in [0.15, 0.2) is 5.96 Å². The van der Waals surface area contributed by atoms with E-state index in [4.69, 9.17) is 11.6 Å². The molecule has 8 heteroatoms. The summed E-state index contributed by atoms with van der Waals surface area (Å²) < 4.78 is 0. The van der Waals surface area contributed by atoms with E-state index in [1.54, 1.807) is 11.3 Å². The fraction of sp³-hybridized carbons (Fsp3) is 0.500. The van der Waals surface area contributed by atoms with Gasteiger partial charge in [-0.15, -0.1) is 35.3 Å². The van der Waals surface area contributed by atoms with Crippen molar-refractivity contribution in [2.45, 2.75) is 33.7 Å². The Balaban J connectivity index is 0.00000280. The maximum atomic E-state index is 6.19. The van der Waals surface area contributed by atoms with Gasteiger partial charge in [-0.3, -0.25) is 0 Å². The van der Waals surface area contributed by atoms with Crippen molar-refractivity contribution in [3.63, 3.8) is 0 Å². The van der Waals surface area contributed by atoms with Crippen LogP contribution in [0.4, 0.5) is 5.69 Å². The molecule has 28 heavy (non-hydrogen) atoms. The first-order valence-corrected chi connectivity index (χ1v) is 10.7. The van der Waals surface area contributed by atoms with E-state index >= 15 is 0 Å². The number of aromatic nitrogens is 1. The van der Waals surface area contributed by atoms with Crippen molar-refractivity contribution in [2.75, 3.05) is 31.1 Å². The number of nitrogens with zero attached hydrogens (tertiary/aromatic N) is 3. The molecule has 2 N–H and O–H groups in total. The van der Waals surface area contributed by atoms with Crippen molar-refractivity contribution in [2.24, 2.45) is 10.9 Å². The second kappa shape index (κ2) is 11.2. The highest BCUT2D eigenvalue weighted by Gasteiger charge is 2.24. The van der Waals surface area contributed by atoms with E-state index < -0.39 is 0 Å². The zero-order valence-electron chi connectivity index (χ0n) is 16.7. The van der Waals surface area contributed by atoms with Gasteiger partial charge in [-0.1, -0.05) is 17.7 Å². The first kappa shape index (κ1) is 23.2. The molecule has 3 rings (SSSR count). The quantitative estimate of drug-likeness (QED) is 0.323. The van der Waals surface area contributed by atoms with Gasteiger partial charge in [0.1, 0.15) is 5.01 Å². The van der Waals surface area contributed by atoms with Crippen molar-refractivity contribution in [1.29, 1.82) is 0 Å². The zero-order chi connectivity index (χ0) is 19.2. The molecule has 0 bridgehead atoms. The standard InChI is InChI=1S/C20H28ClN5S.HI/c1-4-22-20(25-12-19-23-10-15(3)27-19)24-11-16-7-8-26(13-16)18-9-17(21)6-5-14(18)2;/h5-6,9-10,16H,4,7-8,11-13H2,1-3H3,(H2,22,24,25);1H. The molecule has 2 aromatic rings. The molecule has 0 radical (unpaired) electrons. The van der Waals surface area contributed by atoms with E-state index in [1.165, 1.54) is 22.5 Å². The van der Waals surface area contributed by atoms with Crippen LogP contribution in [0, 0.1) is 19.8 Å². The van der Waals surface area contributed by atoms with Crippen LogP contribution in [0.15, 0.2) is 29.4 Å². The summed E-state index contributed by atoms with van der Waals surface area (Å²) in [5.74, 6) is 1.46. The van der Waals surface area contributed by atoms with Crippen LogP contribution < -0.4 is 15.5 Å². The fourth-order valence-electron chi connectivity index (χ4n) is 3.35. The molecule has 1 aliphatic rings. The predicted molar refractivity (Wildman–Crippen MR) is 132 cm³/mol. The molecule has 1 saturated heterocycles. The van der Waals surface area contributed by atoms with Gasteiger partial charge in [-0.05, 0) is 50.8 Å². The van der Waals surface area contributed by atoms with Gasteiger partial charge in [0.2, 0.25) is 0 Å². The van der Waals surface area contributed by atoms with Gasteiger partial charge in [0.05, 0.1) is 6.54 Å². The molecule has 154 valence electrons. The molecular formula is C20H29ClIN5S. The Morgan fingerprint density at radius 1 is 1.36 bits per heavy atom. The van der Waals surface area contributed by atoms with Crippen LogP contribution in [0.1, 0.15) is 28.8 Å². The molecule has 0 aliphatic carbocycles. The van der Waals surface area contributed by atoms with E-state index in [0.29, 0.717) is 12.5 Å². The summed E-state index contributed by atoms with van der Waals surface area (Å²) in [7, 11) is 0. The Labute approximate surface area is 194 Å². The average Bonchev–Trinajstić information content (AvgIpc) is 3.28. The average molecular weight is 534 g/mol. The van der Waals surface area contributed by atoms with Crippen LogP contribution in [-0.4, -0.2) is 37.1 Å². The second-order valence-corrected chi connectivity index (χ2v) is 8.73. The summed E-state index contributed by atoms with van der Waals surface area (Å²) in [6.07, 6.45) is 3.07. The topological polar surface area (TPSA) is 52.6 Å². The summed E-state index contributed by atoms with van der Waals surface area (Å²) in [6.45, 7) is 10.8. The molecule has 1 aliphatic heterocycles. The summed E-state index contributed by atoms with van der Waals surface area (Å²) in [5.41, 5.74) is 2.53. The lowest BCUT2D eigenvalue weighted by Crippen LogP contribution is -2.40. The molecular weight excluding hydrogens is 505 g/mol. The monoisotopic (exact) mass is 533 g/mol. The van der Waals surface area contributed by atoms with Gasteiger partial charge in [0.25, 0.3) is 0 Å². The molecule has 0 amide bonds. The summed E-state index contributed by atoms with van der Waals surface area (Å²) in [6, 6.07) is 6.13. The van der Waals surface area contributed by atoms with Gasteiger partial charge >= 0.3 is 0 Å². The molecule has 1 aromatic heterocycles. The summed E-state index contributed by atoms with van der Waals surface area (Å²) >= 11 is 7.89. The number of nitrogens with one attached hydrogen (secondary N) is 2. The number of guanidine groups is 1. The van der Waals surface area contributed by atoms with E-state index in [2.05, 4.69) is 58.4 Å². The predicted octanol–water partition coefficient (Wildman–Crippen LogP) is 4.61. The molecule has 0 saturated carbocycles. The van der Waals surface area contributed by atoms with Crippen LogP contribution >= 0.6 is 46.9 Å². The zero-order valence-corrected chi connectivity index (χ0v) is 20.6. The van der Waals surface area contributed by atoms with Crippen LogP contribution in [-0.2, 0) is 6.54 Å². The summed E-state index contributed by atoms with van der Waals surface area (Å²) in [5, 5.41) is 8.68. The van der Waals surface area contributed by atoms with Crippen molar-refractivity contribution >= 4 is 58.6 Å². The minimum Gasteiger partial charge on any atom is -0.371 e. The van der Waals surface area contributed by atoms with E-state index in [-0.39, 0.29) is 24.0 Å². The Morgan fingerprint density at radius 3 is 2.89 bits per heavy atom. The summed E-state index contributed by atoms with van der Waals surface area (Å²) in [4.78, 5) is 12.7. The number of aliphatic imine (C=N–C) groups is 1. The maximum absolute atomic E-state index is 6.19. The number of hydrogen-bond donors (Lipinski definition) is 2. The highest BCUT2D eigenvalue weighted by Crippen LogP contribution is 2.29. The normalized spacial score (nSPS) is 16.8. The lowest BCUT2D eigenvalue weighted by molar-refractivity contribution is 0.565. The second-order valence-electron chi connectivity index (χ2n) is 6.97. The lowest BCUT2D eigenvalue weighted by atomic mass is 10.1. The fourth-order valence-corrected chi connectivity index (χ4v) is 4.22. The molecule has 5 nitrogen and oxygen atoms in total. The van der Waals surface area contributed by atoms with E-state index in [1.807, 2.05) is 12.3 Å². The lowest BCUT2D eigenvalue weighted by Gasteiger charge is -2.21. The van der Waals surface area contributed by atoms with E-state index in [0.717, 1.165) is 42.2 Å². The smallest absolute Gasteiger partial charge is 0.191 e. The molecule has 1 aromatic carbocycles. The van der Waals surface area contributed by atoms with Crippen LogP contribution in [0.3, 0.4) is 0 Å². The number of benzene rings is 1. The van der Waals surface area contributed by atoms with Crippen molar-refractivity contribution in [1.82, 2.24) is 15.6 Å². The third-order valence-electron chi connectivity index (χ3n) is 4.74. The number of hydrogen-bond acceptors (Lipinski definition) is 4. The largest absolute Gasteiger partial charge is 0.371 e. The number of thiazole rings is 1. The third kappa shape index (κ3) is 6.49. The number of halogens is 2. The van der Waals surface area contributed by atoms with Gasteiger partial charge < -0.3 is 15.5 Å². The Kier molecular flexibility index (Phi) is 9.30. The minimum absolute atomic E-state index is 0. The molecule has 1 unspecified atom stereocenters. The van der Waals surface area contributed by atoms with E-state index in [9.17, 15) is 0 Å². The van der Waals surface area contributed by atoms with Crippen LogP contribution in [0.2, 0.25) is 5.02 Å². The molecule has 1 atom stereocenters. The molecule has 2 heterocycles. The highest BCUT2D eigenvalue weighted by molar-refractivity contribution is 14.0. The molecule has 0 spiro atoms. The van der Waals surface area contributed by atoms with Gasteiger partial charge in [-0.25, -0.2) is 9.98 Å². The number of anilines is 1. The van der Waals surface area contributed by atoms with Gasteiger partial charge in [-0.2, -0.15) is 0 Å². The SMILES string of the molecule is CCNC(=NCc1ncc(C)s1)NCC1CCN(c2cc(Cl)ccc2C)C1.I. The van der Waals surface area contributed by atoms with Crippen molar-refractivity contribution in [3.05, 3.63) is 44.9 Å². The first-order valence-electron chi connectivity index (χ1n) is 9.49. The Morgan fingerprint density at radius 2 is 2.18 bits per heavy atom. The number of rotatable bonds is 6. The first-order chi connectivity index (χ1) is 13.0. The Hall–Kier alpha value is -1.06. The van der Waals surface area contributed by atoms with Crippen molar-refractivity contribution in [3.8, 4) is 0 Å². The number of aryl methyl sites for hydroxylation is 2. The molecule has 1 fully saturated rings. The van der Waals surface area contributed by atoms with Crippen molar-refractivity contribution < 1.29 is 0 Å². The third-order valence-corrected chi connectivity index (χ3v) is 5.87. The highest BCUT2D eigenvalue weighted by atomic mass is 127. The Bertz CT molecular complexity index is 795. The van der Waals surface area contributed by atoms with Crippen LogP contribution in [0.25, 0.3) is 0 Å². The van der Waals surface area contributed by atoms with Gasteiger partial charge in [0, 0.05) is 48.0 Å². The minimum atomic E-state index is 0.